The maximum atomic E-state index is 14.1. The average Bonchev–Trinajstić information content (AvgIpc) is 3.25. The molecule has 14 heteroatoms. The second-order valence-corrected chi connectivity index (χ2v) is 13.1. The number of rotatable bonds is 7. The van der Waals surface area contributed by atoms with E-state index in [9.17, 15) is 23.1 Å². The van der Waals surface area contributed by atoms with Crippen LogP contribution in [0, 0.1) is 19.8 Å². The molecule has 1 aliphatic rings. The number of anilines is 2. The first kappa shape index (κ1) is 34.1. The Morgan fingerprint density at radius 2 is 1.98 bits per heavy atom. The summed E-state index contributed by atoms with van der Waals surface area (Å²) in [6.07, 6.45) is 2.67. The Hall–Kier alpha value is -3.36. The third kappa shape index (κ3) is 9.57. The molecular formula is C29H45N5O8S. The Labute approximate surface area is 253 Å². The summed E-state index contributed by atoms with van der Waals surface area (Å²) in [5.74, 6) is 0.159. The second-order valence-electron chi connectivity index (χ2n) is 11.4. The highest BCUT2D eigenvalue weighted by Gasteiger charge is 2.31. The number of nitrogens with one attached hydrogen (secondary N) is 2. The molecule has 4 atom stereocenters. The molecule has 2 heterocycles. The van der Waals surface area contributed by atoms with Gasteiger partial charge in [-0.15, -0.1) is 0 Å². The average molecular weight is 624 g/mol. The number of aromatic nitrogens is 1. The number of likely N-dealkylation sites (N-methyl/N-ethyl adjacent to an activating group) is 1. The fourth-order valence-electron chi connectivity index (χ4n) is 4.88. The van der Waals surface area contributed by atoms with Crippen molar-refractivity contribution >= 4 is 33.3 Å². The van der Waals surface area contributed by atoms with Gasteiger partial charge in [0.25, 0.3) is 5.91 Å². The number of aryl methyl sites for hydroxylation is 2. The Balaban J connectivity index is 1.92. The molecule has 3 rings (SSSR count). The topological polar surface area (TPSA) is 164 Å². The summed E-state index contributed by atoms with van der Waals surface area (Å²) in [6.45, 7) is 9.64. The number of ether oxygens (including phenoxy) is 2. The molecule has 0 fully saturated rings. The summed E-state index contributed by atoms with van der Waals surface area (Å²) in [5.41, 5.74) is 1.50. The van der Waals surface area contributed by atoms with Gasteiger partial charge in [-0.05, 0) is 65.2 Å². The predicted molar refractivity (Wildman–Crippen MR) is 163 cm³/mol. The lowest BCUT2D eigenvalue weighted by Crippen LogP contribution is -2.48. The van der Waals surface area contributed by atoms with Crippen LogP contribution < -0.4 is 14.8 Å². The van der Waals surface area contributed by atoms with E-state index < -0.39 is 28.1 Å². The van der Waals surface area contributed by atoms with E-state index in [-0.39, 0.29) is 49.0 Å². The normalized spacial score (nSPS) is 21.3. The van der Waals surface area contributed by atoms with Gasteiger partial charge in [0.05, 0.1) is 36.7 Å². The van der Waals surface area contributed by atoms with E-state index >= 15 is 0 Å². The molecule has 0 saturated heterocycles. The summed E-state index contributed by atoms with van der Waals surface area (Å²) in [4.78, 5) is 30.2. The van der Waals surface area contributed by atoms with Crippen molar-refractivity contribution in [3.05, 3.63) is 35.2 Å². The standard InChI is InChI=1S/C29H45N5O8S/c1-18-15-34(19(2)17-35)28(36)24-14-23(32-43(7,38)39)11-12-25(24)41-20(3)10-8-9-13-40-26(18)16-33(6)29(37)30-27-21(4)31-42-22(27)5/h11-12,14,18-20,26,32,35H,8-10,13,15-17H2,1-7H3,(H,30,37)/t18-,19+,20-,26+/m1/s1. The molecule has 0 spiro atoms. The zero-order chi connectivity index (χ0) is 31.9. The van der Waals surface area contributed by atoms with Crippen LogP contribution in [-0.2, 0) is 14.8 Å². The van der Waals surface area contributed by atoms with E-state index in [1.807, 2.05) is 13.8 Å². The van der Waals surface area contributed by atoms with Crippen LogP contribution in [-0.4, -0.2) is 98.3 Å². The quantitative estimate of drug-likeness (QED) is 0.418. The highest BCUT2D eigenvalue weighted by Crippen LogP contribution is 2.29. The monoisotopic (exact) mass is 623 g/mol. The molecule has 240 valence electrons. The molecule has 2 aromatic rings. The minimum atomic E-state index is -3.59. The van der Waals surface area contributed by atoms with Gasteiger partial charge < -0.3 is 34.2 Å². The van der Waals surface area contributed by atoms with E-state index in [1.165, 1.54) is 15.9 Å². The van der Waals surface area contributed by atoms with Crippen LogP contribution in [0.1, 0.15) is 61.8 Å². The molecule has 13 nitrogen and oxygen atoms in total. The van der Waals surface area contributed by atoms with Crippen LogP contribution in [0.15, 0.2) is 22.7 Å². The van der Waals surface area contributed by atoms with Gasteiger partial charge in [-0.25, -0.2) is 13.2 Å². The van der Waals surface area contributed by atoms with Crippen LogP contribution in [0.4, 0.5) is 16.2 Å². The fraction of sp³-hybridized carbons (Fsp3) is 0.621. The van der Waals surface area contributed by atoms with Gasteiger partial charge in [0.15, 0.2) is 5.76 Å². The molecule has 0 radical (unpaired) electrons. The molecule has 0 saturated carbocycles. The number of amides is 3. The van der Waals surface area contributed by atoms with Crippen molar-refractivity contribution in [3.63, 3.8) is 0 Å². The number of hydrogen-bond donors (Lipinski definition) is 3. The van der Waals surface area contributed by atoms with E-state index in [0.29, 0.717) is 35.9 Å². The Morgan fingerprint density at radius 3 is 2.60 bits per heavy atom. The van der Waals surface area contributed by atoms with Crippen LogP contribution in [0.2, 0.25) is 0 Å². The first-order chi connectivity index (χ1) is 20.2. The van der Waals surface area contributed by atoms with Crippen LogP contribution in [0.5, 0.6) is 5.75 Å². The van der Waals surface area contributed by atoms with E-state index in [2.05, 4.69) is 15.2 Å². The van der Waals surface area contributed by atoms with Gasteiger partial charge in [0.2, 0.25) is 10.0 Å². The third-order valence-electron chi connectivity index (χ3n) is 7.42. The number of hydrogen-bond acceptors (Lipinski definition) is 9. The van der Waals surface area contributed by atoms with Gasteiger partial charge >= 0.3 is 6.03 Å². The Bertz CT molecular complexity index is 1350. The molecule has 0 bridgehead atoms. The van der Waals surface area contributed by atoms with E-state index in [0.717, 1.165) is 19.1 Å². The number of carbonyl (C=O) groups excluding carboxylic acids is 2. The maximum Gasteiger partial charge on any atom is 0.321 e. The first-order valence-corrected chi connectivity index (χ1v) is 16.4. The Morgan fingerprint density at radius 1 is 1.26 bits per heavy atom. The molecule has 0 unspecified atom stereocenters. The molecule has 3 amide bonds. The lowest BCUT2D eigenvalue weighted by atomic mass is 10.0. The first-order valence-electron chi connectivity index (χ1n) is 14.5. The highest BCUT2D eigenvalue weighted by molar-refractivity contribution is 7.92. The molecule has 43 heavy (non-hydrogen) atoms. The lowest BCUT2D eigenvalue weighted by molar-refractivity contribution is -0.0115. The molecule has 1 aromatic heterocycles. The number of nitrogens with zero attached hydrogens (tertiary/aromatic N) is 3. The van der Waals surface area contributed by atoms with Crippen molar-refractivity contribution < 1.29 is 37.1 Å². The molecule has 1 aliphatic heterocycles. The summed E-state index contributed by atoms with van der Waals surface area (Å²) >= 11 is 0. The zero-order valence-corrected chi connectivity index (χ0v) is 26.9. The van der Waals surface area contributed by atoms with E-state index in [4.69, 9.17) is 14.0 Å². The lowest BCUT2D eigenvalue weighted by Gasteiger charge is -2.35. The maximum absolute atomic E-state index is 14.1. The minimum Gasteiger partial charge on any atom is -0.490 e. The molecule has 3 N–H and O–H groups in total. The SMILES string of the molecule is Cc1noc(C)c1NC(=O)N(C)C[C@@H]1OCCCC[C@@H](C)Oc2ccc(NS(C)(=O)=O)cc2C(=O)N([C@@H](C)CO)C[C@H]1C. The number of sulfonamides is 1. The number of benzene rings is 1. The van der Waals surface area contributed by atoms with Crippen molar-refractivity contribution in [1.82, 2.24) is 15.0 Å². The zero-order valence-electron chi connectivity index (χ0n) is 26.0. The minimum absolute atomic E-state index is 0.179. The van der Waals surface area contributed by atoms with Crippen LogP contribution >= 0.6 is 0 Å². The molecule has 0 aliphatic carbocycles. The fourth-order valence-corrected chi connectivity index (χ4v) is 5.43. The number of carbonyl (C=O) groups is 2. The Kier molecular flexibility index (Phi) is 11.8. The number of fused-ring (bicyclic) bond motifs is 1. The van der Waals surface area contributed by atoms with Crippen molar-refractivity contribution in [3.8, 4) is 5.75 Å². The summed E-state index contributed by atoms with van der Waals surface area (Å²) in [5, 5.41) is 16.8. The second kappa shape index (κ2) is 14.9. The molecule has 1 aromatic carbocycles. The van der Waals surface area contributed by atoms with Gasteiger partial charge in [-0.2, -0.15) is 0 Å². The summed E-state index contributed by atoms with van der Waals surface area (Å²) in [6, 6.07) is 3.68. The third-order valence-corrected chi connectivity index (χ3v) is 8.03. The van der Waals surface area contributed by atoms with Gasteiger partial charge in [-0.1, -0.05) is 12.1 Å². The molecular weight excluding hydrogens is 578 g/mol. The number of aliphatic hydroxyl groups is 1. The van der Waals surface area contributed by atoms with Crippen molar-refractivity contribution in [2.75, 3.05) is 49.6 Å². The predicted octanol–water partition coefficient (Wildman–Crippen LogP) is 3.62. The van der Waals surface area contributed by atoms with Gasteiger partial charge in [0, 0.05) is 38.3 Å². The van der Waals surface area contributed by atoms with Crippen molar-refractivity contribution in [1.29, 1.82) is 0 Å². The van der Waals surface area contributed by atoms with Crippen LogP contribution in [0.3, 0.4) is 0 Å². The largest absolute Gasteiger partial charge is 0.490 e. The van der Waals surface area contributed by atoms with Gasteiger partial charge in [0.1, 0.15) is 17.1 Å². The summed E-state index contributed by atoms with van der Waals surface area (Å²) in [7, 11) is -1.92. The smallest absolute Gasteiger partial charge is 0.321 e. The number of urea groups is 1. The highest BCUT2D eigenvalue weighted by atomic mass is 32.2. The summed E-state index contributed by atoms with van der Waals surface area (Å²) < 4.78 is 43.9. The van der Waals surface area contributed by atoms with Crippen molar-refractivity contribution in [2.24, 2.45) is 5.92 Å². The number of aliphatic hydroxyl groups excluding tert-OH is 1. The van der Waals surface area contributed by atoms with Crippen molar-refractivity contribution in [2.45, 2.75) is 72.1 Å². The van der Waals surface area contributed by atoms with Gasteiger partial charge in [-0.3, -0.25) is 9.52 Å². The van der Waals surface area contributed by atoms with E-state index in [1.54, 1.807) is 40.0 Å². The van der Waals surface area contributed by atoms with Crippen LogP contribution in [0.25, 0.3) is 0 Å².